The van der Waals surface area contributed by atoms with Crippen LogP contribution in [0.4, 0.5) is 10.5 Å². The Labute approximate surface area is 134 Å². The molecule has 0 fully saturated rings. The minimum absolute atomic E-state index is 0.193. The first-order valence-corrected chi connectivity index (χ1v) is 7.09. The second-order valence-electron chi connectivity index (χ2n) is 5.25. The molecule has 0 saturated carbocycles. The number of hydrogen-bond donors (Lipinski definition) is 0. The molecule has 6 nitrogen and oxygen atoms in total. The highest BCUT2D eigenvalue weighted by Gasteiger charge is 2.12. The molecule has 0 heterocycles. The first-order chi connectivity index (χ1) is 11.0. The molecule has 0 unspecified atom stereocenters. The van der Waals surface area contributed by atoms with Gasteiger partial charge in [-0.15, -0.1) is 4.91 Å². The van der Waals surface area contributed by atoms with E-state index in [0.717, 1.165) is 5.56 Å². The summed E-state index contributed by atoms with van der Waals surface area (Å²) >= 11 is 0. The number of ether oxygens (including phenoxy) is 2. The van der Waals surface area contributed by atoms with Gasteiger partial charge in [0.05, 0.1) is 0 Å². The Bertz CT molecular complexity index is 683. The summed E-state index contributed by atoms with van der Waals surface area (Å²) in [6.45, 7) is 2.06. The minimum atomic E-state index is -0.841. The molecule has 2 aromatic rings. The Balaban J connectivity index is 2.02. The third-order valence-corrected chi connectivity index (χ3v) is 3.46. The smallest absolute Gasteiger partial charge is 0.395 e. The topological polar surface area (TPSA) is 68.2 Å². The summed E-state index contributed by atoms with van der Waals surface area (Å²) in [7, 11) is 3.95. The molecule has 0 N–H and O–H groups in total. The Kier molecular flexibility index (Phi) is 5.43. The highest BCUT2D eigenvalue weighted by Crippen LogP contribution is 2.23. The maximum atomic E-state index is 11.8. The van der Waals surface area contributed by atoms with Crippen LogP contribution in [-0.4, -0.2) is 25.2 Å². The zero-order valence-electron chi connectivity index (χ0n) is 13.2. The summed E-state index contributed by atoms with van der Waals surface area (Å²) in [6, 6.07) is 13.3. The van der Waals surface area contributed by atoms with Gasteiger partial charge in [0.2, 0.25) is 0 Å². The molecule has 0 aliphatic carbocycles. The predicted molar refractivity (Wildman–Crippen MR) is 87.1 cm³/mol. The van der Waals surface area contributed by atoms with Crippen LogP contribution in [0.1, 0.15) is 18.5 Å². The molecule has 0 spiro atoms. The molecular formula is C17H18N2O4. The van der Waals surface area contributed by atoms with Crippen molar-refractivity contribution >= 4 is 11.8 Å². The van der Waals surface area contributed by atoms with Crippen LogP contribution in [0.15, 0.2) is 53.7 Å². The quantitative estimate of drug-likeness (QED) is 0.468. The molecule has 0 aromatic heterocycles. The number of carbonyl (C=O) groups excluding carboxylic acids is 1. The summed E-state index contributed by atoms with van der Waals surface area (Å²) < 4.78 is 10.2. The Morgan fingerprint density at radius 2 is 1.70 bits per heavy atom. The molecule has 6 heteroatoms. The minimum Gasteiger partial charge on any atom is -0.395 e. The van der Waals surface area contributed by atoms with E-state index in [1.807, 2.05) is 26.2 Å². The molecule has 23 heavy (non-hydrogen) atoms. The molecule has 0 saturated heterocycles. The number of nitroso groups, excluding NO2 is 1. The van der Waals surface area contributed by atoms with Gasteiger partial charge in [0.25, 0.3) is 0 Å². The van der Waals surface area contributed by atoms with Gasteiger partial charge in [-0.3, -0.25) is 0 Å². The number of carbonyl (C=O) groups is 1. The third-order valence-electron chi connectivity index (χ3n) is 3.46. The highest BCUT2D eigenvalue weighted by molar-refractivity contribution is 5.67. The number of benzene rings is 2. The lowest BCUT2D eigenvalue weighted by Crippen LogP contribution is -2.17. The van der Waals surface area contributed by atoms with Crippen LogP contribution in [-0.2, 0) is 0 Å². The Hall–Kier alpha value is -2.73. The average Bonchev–Trinajstić information content (AvgIpc) is 2.55. The van der Waals surface area contributed by atoms with Crippen LogP contribution in [0.2, 0.25) is 0 Å². The molecule has 0 aliphatic rings. The summed E-state index contributed by atoms with van der Waals surface area (Å²) in [5, 5.41) is 2.77. The number of hydrogen-bond acceptors (Lipinski definition) is 6. The average molecular weight is 314 g/mol. The van der Waals surface area contributed by atoms with E-state index in [9.17, 15) is 9.70 Å². The molecule has 120 valence electrons. The number of nitrogens with zero attached hydrogens (tertiary/aromatic N) is 2. The van der Waals surface area contributed by atoms with Gasteiger partial charge in [-0.2, -0.15) is 0 Å². The third kappa shape index (κ3) is 4.62. The molecule has 1 atom stereocenters. The van der Waals surface area contributed by atoms with Crippen molar-refractivity contribution in [3.63, 3.8) is 0 Å². The van der Waals surface area contributed by atoms with Gasteiger partial charge in [0.15, 0.2) is 0 Å². The second-order valence-corrected chi connectivity index (χ2v) is 5.25. The highest BCUT2D eigenvalue weighted by atomic mass is 16.7. The Morgan fingerprint density at radius 3 is 2.30 bits per heavy atom. The molecule has 0 aliphatic heterocycles. The van der Waals surface area contributed by atoms with Crippen molar-refractivity contribution in [3.05, 3.63) is 59.0 Å². The largest absolute Gasteiger partial charge is 0.519 e. The maximum Gasteiger partial charge on any atom is 0.519 e. The standard InChI is InChI=1S/C17H18N2O4/c1-12(19(2)3)13-5-4-6-16(11-13)23-17(20)22-15-9-7-14(18-21)8-10-15/h4-12H,1-3H3/t12-/m0/s1. The van der Waals surface area contributed by atoms with Crippen molar-refractivity contribution < 1.29 is 14.3 Å². The van der Waals surface area contributed by atoms with E-state index in [-0.39, 0.29) is 17.5 Å². The van der Waals surface area contributed by atoms with Crippen molar-refractivity contribution in [2.24, 2.45) is 5.18 Å². The van der Waals surface area contributed by atoms with E-state index in [1.54, 1.807) is 12.1 Å². The van der Waals surface area contributed by atoms with Crippen molar-refractivity contribution in [3.8, 4) is 11.5 Å². The lowest BCUT2D eigenvalue weighted by molar-refractivity contribution is 0.152. The van der Waals surface area contributed by atoms with Crippen molar-refractivity contribution in [1.82, 2.24) is 4.90 Å². The second kappa shape index (κ2) is 7.51. The van der Waals surface area contributed by atoms with E-state index in [1.165, 1.54) is 24.3 Å². The van der Waals surface area contributed by atoms with Crippen molar-refractivity contribution in [2.75, 3.05) is 14.1 Å². The van der Waals surface area contributed by atoms with Crippen LogP contribution in [0.3, 0.4) is 0 Å². The SMILES string of the molecule is C[C@@H](c1cccc(OC(=O)Oc2ccc(N=O)cc2)c1)N(C)C. The lowest BCUT2D eigenvalue weighted by Gasteiger charge is -2.20. The van der Waals surface area contributed by atoms with E-state index in [2.05, 4.69) is 17.0 Å². The van der Waals surface area contributed by atoms with Crippen LogP contribution in [0, 0.1) is 4.91 Å². The van der Waals surface area contributed by atoms with Crippen molar-refractivity contribution in [2.45, 2.75) is 13.0 Å². The monoisotopic (exact) mass is 314 g/mol. The van der Waals surface area contributed by atoms with Gasteiger partial charge in [0.1, 0.15) is 17.2 Å². The van der Waals surface area contributed by atoms with Gasteiger partial charge >= 0.3 is 6.16 Å². The maximum absolute atomic E-state index is 11.8. The zero-order chi connectivity index (χ0) is 16.8. The Morgan fingerprint density at radius 1 is 1.04 bits per heavy atom. The fourth-order valence-electron chi connectivity index (χ4n) is 1.92. The molecule has 0 bridgehead atoms. The summed E-state index contributed by atoms with van der Waals surface area (Å²) in [6.07, 6.45) is -0.841. The molecule has 2 aromatic carbocycles. The first kappa shape index (κ1) is 16.6. The van der Waals surface area contributed by atoms with Gasteiger partial charge < -0.3 is 14.4 Å². The molecule has 0 radical (unpaired) electrons. The van der Waals surface area contributed by atoms with E-state index in [4.69, 9.17) is 9.47 Å². The molecular weight excluding hydrogens is 296 g/mol. The summed E-state index contributed by atoms with van der Waals surface area (Å²) in [5.41, 5.74) is 1.29. The zero-order valence-corrected chi connectivity index (χ0v) is 13.2. The van der Waals surface area contributed by atoms with Gasteiger partial charge in [-0.25, -0.2) is 4.79 Å². The van der Waals surface area contributed by atoms with Crippen LogP contribution >= 0.6 is 0 Å². The normalized spacial score (nSPS) is 11.8. The molecule has 0 amide bonds. The lowest BCUT2D eigenvalue weighted by atomic mass is 10.1. The van der Waals surface area contributed by atoms with Crippen molar-refractivity contribution in [1.29, 1.82) is 0 Å². The number of rotatable bonds is 5. The van der Waals surface area contributed by atoms with Crippen LogP contribution in [0.25, 0.3) is 0 Å². The van der Waals surface area contributed by atoms with Crippen LogP contribution < -0.4 is 9.47 Å². The summed E-state index contributed by atoms with van der Waals surface area (Å²) in [5.74, 6) is 0.688. The van der Waals surface area contributed by atoms with E-state index in [0.29, 0.717) is 5.75 Å². The van der Waals surface area contributed by atoms with Crippen LogP contribution in [0.5, 0.6) is 11.5 Å². The predicted octanol–water partition coefficient (Wildman–Crippen LogP) is 4.28. The van der Waals surface area contributed by atoms with Gasteiger partial charge in [0, 0.05) is 6.04 Å². The fraction of sp³-hybridized carbons (Fsp3) is 0.235. The summed E-state index contributed by atoms with van der Waals surface area (Å²) in [4.78, 5) is 24.2. The van der Waals surface area contributed by atoms with Gasteiger partial charge in [-0.05, 0) is 68.2 Å². The van der Waals surface area contributed by atoms with Gasteiger partial charge in [-0.1, -0.05) is 12.1 Å². The van der Waals surface area contributed by atoms with E-state index >= 15 is 0 Å². The van der Waals surface area contributed by atoms with E-state index < -0.39 is 6.16 Å². The fourth-order valence-corrected chi connectivity index (χ4v) is 1.92. The first-order valence-electron chi connectivity index (χ1n) is 7.09. The molecule has 2 rings (SSSR count).